The zero-order valence-corrected chi connectivity index (χ0v) is 43.8. The Morgan fingerprint density at radius 1 is 0.691 bits per heavy atom. The Bertz CT molecular complexity index is 1420. The predicted molar refractivity (Wildman–Crippen MR) is 270 cm³/mol. The molecule has 1 aliphatic rings. The highest BCUT2D eigenvalue weighted by atomic mass is 16.6. The fourth-order valence-electron chi connectivity index (χ4n) is 8.77. The summed E-state index contributed by atoms with van der Waals surface area (Å²) in [6, 6.07) is -1.27. The maximum absolute atomic E-state index is 14.8. The first-order chi connectivity index (χ1) is 32.4. The second kappa shape index (κ2) is 36.8. The van der Waals surface area contributed by atoms with Crippen molar-refractivity contribution in [3.63, 3.8) is 0 Å². The van der Waals surface area contributed by atoms with Crippen LogP contribution in [0.15, 0.2) is 12.2 Å². The van der Waals surface area contributed by atoms with Gasteiger partial charge in [-0.05, 0) is 71.6 Å². The number of nitrogens with zero attached hydrogens (tertiary/aromatic N) is 1. The minimum absolute atomic E-state index is 0.0964. The lowest BCUT2D eigenvalue weighted by Gasteiger charge is -2.53. The van der Waals surface area contributed by atoms with E-state index in [0.717, 1.165) is 64.2 Å². The van der Waals surface area contributed by atoms with Crippen molar-refractivity contribution in [3.8, 4) is 0 Å². The lowest BCUT2D eigenvalue weighted by Crippen LogP contribution is -2.76. The first-order valence-corrected chi connectivity index (χ1v) is 26.9. The van der Waals surface area contributed by atoms with E-state index < -0.39 is 85.1 Å². The number of Topliss-reactive ketones (excluding diaryl/α,β-unsaturated/α-hetero) is 1. The summed E-state index contributed by atoms with van der Waals surface area (Å²) in [5.41, 5.74) is 6.34. The van der Waals surface area contributed by atoms with Gasteiger partial charge in [0.2, 0.25) is 23.6 Å². The molecule has 15 heteroatoms. The molecular weight excluding hydrogens is 867 g/mol. The van der Waals surface area contributed by atoms with Crippen LogP contribution in [0.5, 0.6) is 0 Å². The van der Waals surface area contributed by atoms with Crippen LogP contribution in [-0.4, -0.2) is 112 Å². The summed E-state index contributed by atoms with van der Waals surface area (Å²) in [7, 11) is 0. The molecule has 0 aliphatic carbocycles. The number of hydrogen-bond donors (Lipinski definition) is 7. The van der Waals surface area contributed by atoms with Crippen molar-refractivity contribution < 1.29 is 48.8 Å². The molecule has 0 bridgehead atoms. The number of unbranched alkanes of at least 4 members (excludes halogenated alkanes) is 22. The van der Waals surface area contributed by atoms with Crippen LogP contribution in [0.4, 0.5) is 4.79 Å². The van der Waals surface area contributed by atoms with Crippen LogP contribution in [0.25, 0.3) is 0 Å². The van der Waals surface area contributed by atoms with Gasteiger partial charge in [0.25, 0.3) is 0 Å². The van der Waals surface area contributed by atoms with Gasteiger partial charge >= 0.3 is 6.09 Å². The second-order valence-corrected chi connectivity index (χ2v) is 20.6. The van der Waals surface area contributed by atoms with E-state index in [1.54, 1.807) is 20.8 Å². The van der Waals surface area contributed by atoms with Gasteiger partial charge in [-0.15, -0.1) is 0 Å². The molecule has 0 saturated carbocycles. The van der Waals surface area contributed by atoms with Crippen LogP contribution in [0, 0.1) is 11.8 Å². The topological polar surface area (TPSA) is 230 Å². The van der Waals surface area contributed by atoms with Crippen molar-refractivity contribution in [2.45, 2.75) is 258 Å². The average Bonchev–Trinajstić information content (AvgIpc) is 3.28. The number of nitrogens with one attached hydrogen (secondary N) is 3. The van der Waals surface area contributed by atoms with E-state index in [1.165, 1.54) is 88.4 Å². The molecule has 0 aromatic heterocycles. The highest BCUT2D eigenvalue weighted by Crippen LogP contribution is 2.37. The van der Waals surface area contributed by atoms with Gasteiger partial charge in [0, 0.05) is 13.0 Å². The molecule has 396 valence electrons. The number of hydrogen-bond acceptors (Lipinski definition) is 11. The van der Waals surface area contributed by atoms with Crippen molar-refractivity contribution in [1.82, 2.24) is 20.9 Å². The number of aliphatic hydroxyl groups is 3. The maximum Gasteiger partial charge on any atom is 0.408 e. The van der Waals surface area contributed by atoms with E-state index in [1.807, 2.05) is 13.8 Å². The van der Waals surface area contributed by atoms with Crippen LogP contribution >= 0.6 is 0 Å². The monoisotopic (exact) mass is 966 g/mol. The minimum Gasteiger partial charge on any atom is -0.444 e. The Morgan fingerprint density at radius 2 is 1.16 bits per heavy atom. The smallest absolute Gasteiger partial charge is 0.408 e. The first-order valence-electron chi connectivity index (χ1n) is 26.9. The van der Waals surface area contributed by atoms with Crippen molar-refractivity contribution in [2.24, 2.45) is 17.6 Å². The number of rotatable bonds is 39. The van der Waals surface area contributed by atoms with Crippen molar-refractivity contribution in [3.05, 3.63) is 12.2 Å². The number of ketones is 1. The Hall–Kier alpha value is -3.11. The lowest BCUT2D eigenvalue weighted by molar-refractivity contribution is -0.292. The largest absolute Gasteiger partial charge is 0.444 e. The van der Waals surface area contributed by atoms with E-state index in [2.05, 4.69) is 41.9 Å². The molecule has 0 aromatic carbocycles. The highest BCUT2D eigenvalue weighted by Gasteiger charge is 2.59. The molecule has 1 fully saturated rings. The summed E-state index contributed by atoms with van der Waals surface area (Å²) in [6.45, 7) is 11.6. The Labute approximate surface area is 411 Å². The quantitative estimate of drug-likeness (QED) is 0.0175. The van der Waals surface area contributed by atoms with E-state index in [9.17, 15) is 39.3 Å². The number of aliphatic hydroxyl groups excluding tert-OH is 3. The van der Waals surface area contributed by atoms with E-state index in [0.29, 0.717) is 12.8 Å². The third-order valence-electron chi connectivity index (χ3n) is 12.6. The summed E-state index contributed by atoms with van der Waals surface area (Å²) in [6.07, 6.45) is 26.6. The summed E-state index contributed by atoms with van der Waals surface area (Å²) in [5.74, 6) is -6.67. The van der Waals surface area contributed by atoms with Crippen molar-refractivity contribution in [2.75, 3.05) is 26.2 Å². The summed E-state index contributed by atoms with van der Waals surface area (Å²) in [4.78, 5) is 68.3. The molecule has 1 saturated heterocycles. The molecule has 1 heterocycles. The molecule has 0 spiro atoms. The summed E-state index contributed by atoms with van der Waals surface area (Å²) in [5, 5.41) is 40.6. The normalized spacial score (nSPS) is 20.1. The van der Waals surface area contributed by atoms with Crippen molar-refractivity contribution >= 4 is 29.6 Å². The third-order valence-corrected chi connectivity index (χ3v) is 12.6. The van der Waals surface area contributed by atoms with Gasteiger partial charge < -0.3 is 45.6 Å². The van der Waals surface area contributed by atoms with Crippen molar-refractivity contribution in [1.29, 1.82) is 0 Å². The molecule has 15 nitrogen and oxygen atoms in total. The van der Waals surface area contributed by atoms with Gasteiger partial charge in [-0.25, -0.2) is 4.79 Å². The molecule has 68 heavy (non-hydrogen) atoms. The van der Waals surface area contributed by atoms with Gasteiger partial charge in [-0.2, -0.15) is 0 Å². The summed E-state index contributed by atoms with van der Waals surface area (Å²) < 4.78 is 11.3. The van der Waals surface area contributed by atoms with Gasteiger partial charge in [-0.3, -0.25) is 24.9 Å². The third kappa shape index (κ3) is 27.3. The van der Waals surface area contributed by atoms with Gasteiger partial charge in [0.05, 0.1) is 25.3 Å². The van der Waals surface area contributed by atoms with Crippen LogP contribution in [0.1, 0.15) is 222 Å². The highest BCUT2D eigenvalue weighted by molar-refractivity contribution is 5.94. The van der Waals surface area contributed by atoms with Gasteiger partial charge in [0.1, 0.15) is 30.3 Å². The molecule has 0 unspecified atom stereocenters. The number of carbonyl (C=O) groups excluding carboxylic acids is 5. The maximum atomic E-state index is 14.8. The molecule has 0 aromatic rings. The molecule has 1 aliphatic heterocycles. The predicted octanol–water partition coefficient (Wildman–Crippen LogP) is 8.64. The van der Waals surface area contributed by atoms with Gasteiger partial charge in [-0.1, -0.05) is 162 Å². The number of ether oxygens (including phenoxy) is 2. The van der Waals surface area contributed by atoms with E-state index in [-0.39, 0.29) is 31.2 Å². The standard InChI is InChI=1S/C53H99N5O10/c1-8-10-12-14-16-18-20-22-23-24-25-27-29-31-33-35-46(62)58(36-34-32-30-28-26-21-19-17-15-13-11-9-2)53(54)47(50(65)49(64)43(40-59)67-53)48(63)42(37-41(3)4)57-45(61)39-55-44(60)38-56-51(66)68-52(5,6)7/h22-23,41-43,47,49-50,59,64-65H,8-21,24-40,54H2,1-7H3,(H,55,60)(H,56,66)(H,57,61)/b23-22-/t42-,43+,47+,49+,50+,53-/m0/s1. The minimum atomic E-state index is -2.28. The van der Waals surface area contributed by atoms with Crippen LogP contribution in [0.2, 0.25) is 0 Å². The number of amides is 4. The molecule has 8 N–H and O–H groups in total. The van der Waals surface area contributed by atoms with E-state index >= 15 is 0 Å². The zero-order valence-electron chi connectivity index (χ0n) is 43.8. The number of alkyl carbamates (subject to hydrolysis) is 1. The summed E-state index contributed by atoms with van der Waals surface area (Å²) >= 11 is 0. The molecule has 6 atom stereocenters. The Balaban J connectivity index is 3.15. The first kappa shape index (κ1) is 62.9. The second-order valence-electron chi connectivity index (χ2n) is 20.6. The van der Waals surface area contributed by atoms with Crippen LogP contribution < -0.4 is 21.7 Å². The zero-order chi connectivity index (χ0) is 50.8. The van der Waals surface area contributed by atoms with E-state index in [4.69, 9.17) is 15.2 Å². The Morgan fingerprint density at radius 3 is 1.65 bits per heavy atom. The van der Waals surface area contributed by atoms with Crippen LogP contribution in [-0.2, 0) is 28.7 Å². The van der Waals surface area contributed by atoms with Gasteiger partial charge in [0.15, 0.2) is 5.78 Å². The molecule has 4 amide bonds. The SMILES string of the molecule is CCCCCCCC/C=C\CCCCCCCC(=O)N(CCCCCCCCCCCCCC)[C@]1(N)O[C@H](CO)[C@@H](O)[C@H](O)[C@H]1C(=O)[C@H](CC(C)C)NC(=O)CNC(=O)CNC(=O)OC(C)(C)C. The molecule has 1 rings (SSSR count). The molecule has 0 radical (unpaired) electrons. The average molecular weight is 966 g/mol. The Kier molecular flexibility index (Phi) is 34.0. The fraction of sp³-hybridized carbons (Fsp3) is 0.868. The number of nitrogens with two attached hydrogens (primary N) is 1. The van der Waals surface area contributed by atoms with Crippen LogP contribution in [0.3, 0.4) is 0 Å². The lowest BCUT2D eigenvalue weighted by atomic mass is 9.79. The number of allylic oxidation sites excluding steroid dienone is 2. The number of carbonyl (C=O) groups is 5. The molecular formula is C53H99N5O10. The fourth-order valence-corrected chi connectivity index (χ4v) is 8.77.